The van der Waals surface area contributed by atoms with Crippen molar-refractivity contribution in [3.8, 4) is 34.5 Å². The van der Waals surface area contributed by atoms with Crippen LogP contribution in [-0.4, -0.2) is 70.9 Å². The van der Waals surface area contributed by atoms with Crippen molar-refractivity contribution >= 4 is 48.8 Å². The number of methoxy groups -OCH3 is 6. The Kier molecular flexibility index (Phi) is 15.4. The number of rotatable bonds is 7. The van der Waals surface area contributed by atoms with Gasteiger partial charge in [0.1, 0.15) is 0 Å². The summed E-state index contributed by atoms with van der Waals surface area (Å²) in [4.78, 5) is 12.1. The molecule has 0 amide bonds. The van der Waals surface area contributed by atoms with E-state index in [4.69, 9.17) is 28.4 Å². The molecular weight excluding hydrogens is 812 g/mol. The predicted molar refractivity (Wildman–Crippen MR) is 239 cm³/mol. The quantitative estimate of drug-likeness (QED) is 0.152. The third-order valence-electron chi connectivity index (χ3n) is 10.4. The molecule has 59 heavy (non-hydrogen) atoms. The lowest BCUT2D eigenvalue weighted by Gasteiger charge is -2.20. The number of ketones is 1. The summed E-state index contributed by atoms with van der Waals surface area (Å²) in [7, 11) is 9.44. The van der Waals surface area contributed by atoms with Crippen LogP contribution in [0.1, 0.15) is 59.3 Å². The average molecular weight is 866 g/mol. The minimum atomic E-state index is -0.610. The number of Topliss-reactive ketones (excluding diaryl/α,β-unsaturated/α-hetero) is 1. The van der Waals surface area contributed by atoms with Gasteiger partial charge in [-0.05, 0) is 100 Å². The van der Waals surface area contributed by atoms with Crippen LogP contribution >= 0.6 is 15.9 Å². The van der Waals surface area contributed by atoms with Crippen LogP contribution in [0.3, 0.4) is 0 Å². The van der Waals surface area contributed by atoms with Crippen molar-refractivity contribution in [2.75, 3.05) is 42.7 Å². The van der Waals surface area contributed by atoms with E-state index in [1.54, 1.807) is 27.4 Å². The lowest BCUT2D eigenvalue weighted by molar-refractivity contribution is 0.0881. The van der Waals surface area contributed by atoms with Crippen molar-refractivity contribution in [3.63, 3.8) is 0 Å². The van der Waals surface area contributed by atoms with Gasteiger partial charge in [-0.25, -0.2) is 0 Å². The third kappa shape index (κ3) is 9.84. The van der Waals surface area contributed by atoms with Crippen LogP contribution in [0.25, 0.3) is 27.1 Å². The van der Waals surface area contributed by atoms with Gasteiger partial charge in [-0.2, -0.15) is 0 Å². The van der Waals surface area contributed by atoms with E-state index < -0.39 is 12.2 Å². The number of halogens is 1. The Labute approximate surface area is 355 Å². The number of aliphatic hydroxyl groups is 2. The van der Waals surface area contributed by atoms with E-state index in [0.717, 1.165) is 37.7 Å². The zero-order chi connectivity index (χ0) is 41.3. The van der Waals surface area contributed by atoms with Crippen molar-refractivity contribution in [1.82, 2.24) is 0 Å². The van der Waals surface area contributed by atoms with Crippen LogP contribution in [0.15, 0.2) is 108 Å². The molecule has 0 heterocycles. The zero-order valence-electron chi connectivity index (χ0n) is 33.6. The van der Waals surface area contributed by atoms with Crippen molar-refractivity contribution in [3.05, 3.63) is 135 Å². The highest BCUT2D eigenvalue weighted by atomic mass is 79.9. The van der Waals surface area contributed by atoms with E-state index in [9.17, 15) is 15.0 Å². The smallest absolute Gasteiger partial charge is 0.203 e. The summed E-state index contributed by atoms with van der Waals surface area (Å²) in [6, 6.07) is 32.9. The summed E-state index contributed by atoms with van der Waals surface area (Å²) < 4.78 is 33.9. The van der Waals surface area contributed by atoms with Crippen LogP contribution in [0, 0.1) is 0 Å². The Morgan fingerprint density at radius 2 is 1.05 bits per heavy atom. The Morgan fingerprint density at radius 1 is 0.559 bits per heavy atom. The van der Waals surface area contributed by atoms with Crippen molar-refractivity contribution < 1.29 is 43.4 Å². The molecule has 0 aliphatic heterocycles. The second-order valence-electron chi connectivity index (χ2n) is 13.9. The normalized spacial score (nSPS) is 15.5. The van der Waals surface area contributed by atoms with Gasteiger partial charge in [-0.1, -0.05) is 90.1 Å². The standard InChI is InChI=1S/C24H24O4.C14H18O5.C10H7Br.CH4/c1-26-22-14-21-19(23(27-2)24(22)28-3)11-10-18(25)13-20(21)17-9-8-15-6-4-5-7-16(15)12-17;1-17-12-7-10-9(13(18-2)14(12)19-3)5-4-8(15)6-11(10)16;11-10-6-5-8-3-1-2-4-9(8)7-10;/h4-9,12-14,18,25H,10-11H2,1-3H3;7-8,15H,4-6H2,1-3H3;1-7H;1H4. The molecule has 2 aliphatic carbocycles. The van der Waals surface area contributed by atoms with Gasteiger partial charge in [0, 0.05) is 27.6 Å². The molecule has 6 aromatic rings. The number of fused-ring (bicyclic) bond motifs is 4. The molecule has 0 saturated carbocycles. The number of hydrogen-bond acceptors (Lipinski definition) is 9. The van der Waals surface area contributed by atoms with E-state index in [1.165, 1.54) is 37.5 Å². The van der Waals surface area contributed by atoms with Crippen molar-refractivity contribution in [2.45, 2.75) is 51.7 Å². The Morgan fingerprint density at radius 3 is 1.61 bits per heavy atom. The first-order chi connectivity index (χ1) is 28.1. The Hall–Kier alpha value is -5.55. The summed E-state index contributed by atoms with van der Waals surface area (Å²) in [6.45, 7) is 0. The van der Waals surface area contributed by atoms with Crippen molar-refractivity contribution in [2.24, 2.45) is 0 Å². The van der Waals surface area contributed by atoms with Crippen LogP contribution in [0.2, 0.25) is 0 Å². The second-order valence-corrected chi connectivity index (χ2v) is 14.8. The zero-order valence-corrected chi connectivity index (χ0v) is 35.2. The molecule has 310 valence electrons. The Bertz CT molecular complexity index is 2440. The molecule has 0 spiro atoms. The van der Waals surface area contributed by atoms with E-state index >= 15 is 0 Å². The first-order valence-electron chi connectivity index (χ1n) is 19.0. The maximum absolute atomic E-state index is 12.1. The lowest BCUT2D eigenvalue weighted by Crippen LogP contribution is -2.10. The number of carbonyl (C=O) groups excluding carboxylic acids is 1. The highest BCUT2D eigenvalue weighted by molar-refractivity contribution is 9.10. The van der Waals surface area contributed by atoms with Gasteiger partial charge >= 0.3 is 0 Å². The summed E-state index contributed by atoms with van der Waals surface area (Å²) >= 11 is 3.43. The summed E-state index contributed by atoms with van der Waals surface area (Å²) in [5, 5.41) is 25.2. The van der Waals surface area contributed by atoms with Gasteiger partial charge in [0.25, 0.3) is 0 Å². The van der Waals surface area contributed by atoms with E-state index in [-0.39, 0.29) is 19.6 Å². The first-order valence-corrected chi connectivity index (χ1v) is 19.8. The highest BCUT2D eigenvalue weighted by Gasteiger charge is 2.29. The molecule has 2 N–H and O–H groups in total. The van der Waals surface area contributed by atoms with Gasteiger partial charge in [0.05, 0.1) is 54.9 Å². The van der Waals surface area contributed by atoms with Gasteiger partial charge < -0.3 is 38.6 Å². The SMILES string of the molecule is Brc1ccc2ccccc2c1.C.COc1cc2c(c(OC)c1OC)CCC(O)C=C2c1ccc2ccccc2c1.COc1cc2c(c(OC)c1OC)CCC(O)CC2=O. The number of carbonyl (C=O) groups is 1. The largest absolute Gasteiger partial charge is 0.493 e. The van der Waals surface area contributed by atoms with Crippen molar-refractivity contribution in [1.29, 1.82) is 0 Å². The molecule has 8 rings (SSSR count). The van der Waals surface area contributed by atoms with Gasteiger partial charge in [-0.3, -0.25) is 4.79 Å². The molecule has 0 saturated heterocycles. The molecule has 0 fully saturated rings. The van der Waals surface area contributed by atoms with Crippen LogP contribution < -0.4 is 28.4 Å². The second kappa shape index (κ2) is 20.4. The summed E-state index contributed by atoms with van der Waals surface area (Å²) in [5.74, 6) is 3.21. The monoisotopic (exact) mass is 864 g/mol. The van der Waals surface area contributed by atoms with Gasteiger partial charge in [-0.15, -0.1) is 0 Å². The highest BCUT2D eigenvalue weighted by Crippen LogP contribution is 2.47. The third-order valence-corrected chi connectivity index (χ3v) is 10.9. The number of hydrogen-bond donors (Lipinski definition) is 2. The maximum atomic E-state index is 12.1. The van der Waals surface area contributed by atoms with E-state index in [1.807, 2.05) is 24.3 Å². The number of benzene rings is 6. The maximum Gasteiger partial charge on any atom is 0.203 e. The fraction of sp³-hybridized carbons (Fsp3) is 0.286. The Balaban J connectivity index is 0.000000184. The molecule has 6 aromatic carbocycles. The number of aliphatic hydroxyl groups excluding tert-OH is 2. The molecular formula is C49H53BrO9. The van der Waals surface area contributed by atoms with E-state index in [2.05, 4.69) is 88.7 Å². The molecule has 2 unspecified atom stereocenters. The number of ether oxygens (including phenoxy) is 6. The fourth-order valence-electron chi connectivity index (χ4n) is 7.58. The first kappa shape index (κ1) is 44.6. The summed E-state index contributed by atoms with van der Waals surface area (Å²) in [6.07, 6.45) is 3.34. The van der Waals surface area contributed by atoms with Crippen LogP contribution in [0.4, 0.5) is 0 Å². The molecule has 10 heteroatoms. The fourth-order valence-corrected chi connectivity index (χ4v) is 7.96. The van der Waals surface area contributed by atoms with Crippen LogP contribution in [0.5, 0.6) is 34.5 Å². The van der Waals surface area contributed by atoms with Gasteiger partial charge in [0.15, 0.2) is 28.8 Å². The molecule has 2 aliphatic rings. The molecule has 9 nitrogen and oxygen atoms in total. The molecule has 0 aromatic heterocycles. The van der Waals surface area contributed by atoms with Gasteiger partial charge in [0.2, 0.25) is 11.5 Å². The minimum Gasteiger partial charge on any atom is -0.493 e. The average Bonchev–Trinajstić information content (AvgIpc) is 3.51. The summed E-state index contributed by atoms with van der Waals surface area (Å²) in [5.41, 5.74) is 5.38. The lowest BCUT2D eigenvalue weighted by atomic mass is 9.91. The molecule has 2 atom stereocenters. The van der Waals surface area contributed by atoms with Crippen LogP contribution in [-0.2, 0) is 12.8 Å². The topological polar surface area (TPSA) is 113 Å². The van der Waals surface area contributed by atoms with E-state index in [0.29, 0.717) is 65.7 Å². The molecule has 0 radical (unpaired) electrons. The predicted octanol–water partition coefficient (Wildman–Crippen LogP) is 10.4. The molecule has 0 bridgehead atoms. The minimum absolute atomic E-state index is 0.